The number of halogens is 7. The van der Waals surface area contributed by atoms with Crippen LogP contribution in [-0.4, -0.2) is 48.7 Å². The van der Waals surface area contributed by atoms with E-state index in [-0.39, 0.29) is 25.5 Å². The molecule has 0 aromatic heterocycles. The molecule has 1 atom stereocenters. The van der Waals surface area contributed by atoms with Gasteiger partial charge >= 0.3 is 6.18 Å². The molecule has 0 bridgehead atoms. The van der Waals surface area contributed by atoms with Gasteiger partial charge in [0.1, 0.15) is 18.5 Å². The summed E-state index contributed by atoms with van der Waals surface area (Å²) in [5.41, 5.74) is -2.36. The van der Waals surface area contributed by atoms with Gasteiger partial charge in [0.2, 0.25) is 0 Å². The van der Waals surface area contributed by atoms with Gasteiger partial charge in [0, 0.05) is 31.7 Å². The van der Waals surface area contributed by atoms with Gasteiger partial charge in [0.05, 0.1) is 5.56 Å². The average Bonchev–Trinajstić information content (AvgIpc) is 2.49. The maximum absolute atomic E-state index is 14.3. The third kappa shape index (κ3) is 4.33. The van der Waals surface area contributed by atoms with Crippen molar-refractivity contribution >= 4 is 12.4 Å². The number of hydrogen-bond donors (Lipinski definition) is 2. The molecule has 138 valence electrons. The van der Waals surface area contributed by atoms with Crippen molar-refractivity contribution in [2.24, 2.45) is 0 Å². The summed E-state index contributed by atoms with van der Waals surface area (Å²) in [5.74, 6) is -5.50. The van der Waals surface area contributed by atoms with Crippen LogP contribution in [0.25, 0.3) is 0 Å². The number of nitrogens with one attached hydrogen (secondary N) is 1. The van der Waals surface area contributed by atoms with Crippen LogP contribution in [0.1, 0.15) is 17.2 Å². The molecule has 0 radical (unpaired) electrons. The van der Waals surface area contributed by atoms with Crippen molar-refractivity contribution < 1.29 is 31.4 Å². The molecular formula is C14H17ClF6N2O. The van der Waals surface area contributed by atoms with Crippen LogP contribution in [0.5, 0.6) is 0 Å². The van der Waals surface area contributed by atoms with Crippen molar-refractivity contribution in [1.82, 2.24) is 10.2 Å². The van der Waals surface area contributed by atoms with Crippen LogP contribution in [-0.2, 0) is 6.18 Å². The molecule has 1 aromatic rings. The number of rotatable bonds is 4. The Bertz CT molecular complexity index is 549. The fourth-order valence-electron chi connectivity index (χ4n) is 2.70. The number of benzene rings is 1. The van der Waals surface area contributed by atoms with E-state index in [0.717, 1.165) is 12.1 Å². The molecular weight excluding hydrogens is 362 g/mol. The Morgan fingerprint density at radius 3 is 2.21 bits per heavy atom. The van der Waals surface area contributed by atoms with E-state index in [2.05, 4.69) is 5.32 Å². The van der Waals surface area contributed by atoms with E-state index in [9.17, 15) is 26.3 Å². The van der Waals surface area contributed by atoms with Crippen LogP contribution in [0.3, 0.4) is 0 Å². The number of nitrogens with zero attached hydrogens (tertiary/aromatic N) is 1. The lowest BCUT2D eigenvalue weighted by Gasteiger charge is -2.39. The Morgan fingerprint density at radius 1 is 1.12 bits per heavy atom. The molecule has 1 saturated heterocycles. The summed E-state index contributed by atoms with van der Waals surface area (Å²) in [6, 6.07) is 0.340. The summed E-state index contributed by atoms with van der Waals surface area (Å²) in [4.78, 5) is 1.19. The zero-order valence-corrected chi connectivity index (χ0v) is 13.2. The standard InChI is InChI=1S/C14H16F6N2O.ClH/c15-11-9(2-1-3-10(11)14(18,19)20)12(13(16,17)8-23)22-6-4-21-5-7-22;/h1-3,12,21,23H,4-8H2;1H/t12-;/m0./s1. The Morgan fingerprint density at radius 2 is 1.71 bits per heavy atom. The van der Waals surface area contributed by atoms with Gasteiger partial charge in [-0.25, -0.2) is 13.2 Å². The average molecular weight is 379 g/mol. The number of aliphatic hydroxyl groups excluding tert-OH is 1. The molecule has 0 aliphatic carbocycles. The number of aliphatic hydroxyl groups is 1. The van der Waals surface area contributed by atoms with E-state index in [0.29, 0.717) is 19.2 Å². The van der Waals surface area contributed by atoms with Gasteiger partial charge in [0.15, 0.2) is 0 Å². The zero-order valence-electron chi connectivity index (χ0n) is 12.4. The molecule has 2 N–H and O–H groups in total. The van der Waals surface area contributed by atoms with Crippen LogP contribution in [0.15, 0.2) is 18.2 Å². The van der Waals surface area contributed by atoms with Crippen LogP contribution < -0.4 is 5.32 Å². The van der Waals surface area contributed by atoms with Crippen molar-refractivity contribution in [2.45, 2.75) is 18.1 Å². The number of piperazine rings is 1. The zero-order chi connectivity index (χ0) is 17.3. The van der Waals surface area contributed by atoms with E-state index in [4.69, 9.17) is 5.11 Å². The van der Waals surface area contributed by atoms with Crippen LogP contribution in [0.4, 0.5) is 26.3 Å². The first kappa shape index (κ1) is 21.0. The second-order valence-electron chi connectivity index (χ2n) is 5.31. The quantitative estimate of drug-likeness (QED) is 0.791. The highest BCUT2D eigenvalue weighted by atomic mass is 35.5. The maximum Gasteiger partial charge on any atom is 0.419 e. The molecule has 1 heterocycles. The van der Waals surface area contributed by atoms with Gasteiger partial charge in [-0.2, -0.15) is 13.2 Å². The highest BCUT2D eigenvalue weighted by Gasteiger charge is 2.46. The largest absolute Gasteiger partial charge is 0.419 e. The minimum Gasteiger partial charge on any atom is -0.390 e. The highest BCUT2D eigenvalue weighted by Crippen LogP contribution is 2.41. The van der Waals surface area contributed by atoms with E-state index in [1.807, 2.05) is 0 Å². The van der Waals surface area contributed by atoms with Gasteiger partial charge in [0.25, 0.3) is 5.92 Å². The van der Waals surface area contributed by atoms with Gasteiger partial charge in [-0.3, -0.25) is 4.90 Å². The molecule has 10 heteroatoms. The smallest absolute Gasteiger partial charge is 0.390 e. The second-order valence-corrected chi connectivity index (χ2v) is 5.31. The van der Waals surface area contributed by atoms with Gasteiger partial charge < -0.3 is 10.4 Å². The molecule has 1 aliphatic heterocycles. The lowest BCUT2D eigenvalue weighted by Crippen LogP contribution is -2.51. The molecule has 0 saturated carbocycles. The third-order valence-electron chi connectivity index (χ3n) is 3.76. The highest BCUT2D eigenvalue weighted by molar-refractivity contribution is 5.85. The number of hydrogen-bond acceptors (Lipinski definition) is 3. The Hall–Kier alpha value is -1.03. The predicted octanol–water partition coefficient (Wildman–Crippen LogP) is 2.84. The monoisotopic (exact) mass is 378 g/mol. The lowest BCUT2D eigenvalue weighted by molar-refractivity contribution is -0.141. The molecule has 1 aromatic carbocycles. The van der Waals surface area contributed by atoms with Crippen LogP contribution in [0.2, 0.25) is 0 Å². The van der Waals surface area contributed by atoms with E-state index in [1.54, 1.807) is 0 Å². The SMILES string of the molecule is Cl.OCC(F)(F)[C@H](c1cccc(C(F)(F)F)c1F)N1CCNCC1. The van der Waals surface area contributed by atoms with Crippen molar-refractivity contribution in [3.63, 3.8) is 0 Å². The lowest BCUT2D eigenvalue weighted by atomic mass is 9.95. The molecule has 24 heavy (non-hydrogen) atoms. The predicted molar refractivity (Wildman–Crippen MR) is 77.9 cm³/mol. The van der Waals surface area contributed by atoms with E-state index >= 15 is 0 Å². The maximum atomic E-state index is 14.3. The van der Waals surface area contributed by atoms with Crippen molar-refractivity contribution in [1.29, 1.82) is 0 Å². The van der Waals surface area contributed by atoms with Gasteiger partial charge in [-0.15, -0.1) is 12.4 Å². The molecule has 0 unspecified atom stereocenters. The van der Waals surface area contributed by atoms with Crippen molar-refractivity contribution in [3.05, 3.63) is 35.1 Å². The summed E-state index contributed by atoms with van der Waals surface area (Å²) >= 11 is 0. The summed E-state index contributed by atoms with van der Waals surface area (Å²) < 4.78 is 81.0. The molecule has 1 fully saturated rings. The minimum atomic E-state index is -4.98. The van der Waals surface area contributed by atoms with Crippen LogP contribution in [0, 0.1) is 5.82 Å². The van der Waals surface area contributed by atoms with Crippen LogP contribution >= 0.6 is 12.4 Å². The summed E-state index contributed by atoms with van der Waals surface area (Å²) in [5, 5.41) is 11.9. The van der Waals surface area contributed by atoms with Gasteiger partial charge in [-0.05, 0) is 6.07 Å². The molecule has 0 spiro atoms. The Labute approximate surface area is 141 Å². The first-order valence-corrected chi connectivity index (χ1v) is 6.97. The second kappa shape index (κ2) is 7.90. The van der Waals surface area contributed by atoms with Crippen molar-refractivity contribution in [3.8, 4) is 0 Å². The first-order valence-electron chi connectivity index (χ1n) is 6.97. The molecule has 2 rings (SSSR count). The van der Waals surface area contributed by atoms with Crippen molar-refractivity contribution in [2.75, 3.05) is 32.8 Å². The van der Waals surface area contributed by atoms with E-state index in [1.165, 1.54) is 4.90 Å². The summed E-state index contributed by atoms with van der Waals surface area (Å²) in [6.45, 7) is -0.680. The van der Waals surface area contributed by atoms with E-state index < -0.39 is 41.7 Å². The molecule has 0 amide bonds. The normalized spacial score (nSPS) is 18.1. The third-order valence-corrected chi connectivity index (χ3v) is 3.76. The Kier molecular flexibility index (Phi) is 6.92. The topological polar surface area (TPSA) is 35.5 Å². The van der Waals surface area contributed by atoms with Gasteiger partial charge in [-0.1, -0.05) is 12.1 Å². The molecule has 1 aliphatic rings. The number of alkyl halides is 5. The summed E-state index contributed by atoms with van der Waals surface area (Å²) in [6.07, 6.45) is -4.98. The Balaban J connectivity index is 0.00000288. The summed E-state index contributed by atoms with van der Waals surface area (Å²) in [7, 11) is 0. The fourth-order valence-corrected chi connectivity index (χ4v) is 2.70. The minimum absolute atomic E-state index is 0. The fraction of sp³-hybridized carbons (Fsp3) is 0.571. The first-order chi connectivity index (χ1) is 10.7. The molecule has 3 nitrogen and oxygen atoms in total.